The van der Waals surface area contributed by atoms with E-state index in [-0.39, 0.29) is 6.07 Å². The lowest BCUT2D eigenvalue weighted by molar-refractivity contribution is 0.0570. The van der Waals surface area contributed by atoms with Crippen LogP contribution in [0.4, 0.5) is 0 Å². The molecule has 0 spiro atoms. The topological polar surface area (TPSA) is 52.6 Å². The van der Waals surface area contributed by atoms with Crippen molar-refractivity contribution in [3.8, 4) is 11.1 Å². The molecule has 2 aromatic carbocycles. The van der Waals surface area contributed by atoms with Gasteiger partial charge < -0.3 is 9.47 Å². The smallest absolute Gasteiger partial charge is 0.339 e. The number of carbonyl (C=O) groups is 2. The molecule has 0 amide bonds. The van der Waals surface area contributed by atoms with Gasteiger partial charge in [0.1, 0.15) is 0 Å². The summed E-state index contributed by atoms with van der Waals surface area (Å²) in [4.78, 5) is 23.8. The second-order valence-corrected chi connectivity index (χ2v) is 4.34. The van der Waals surface area contributed by atoms with E-state index in [0.717, 1.165) is 0 Å². The van der Waals surface area contributed by atoms with Crippen molar-refractivity contribution in [1.29, 1.82) is 0 Å². The van der Waals surface area contributed by atoms with Crippen molar-refractivity contribution in [3.63, 3.8) is 0 Å². The molecule has 0 aliphatic carbocycles. The summed E-state index contributed by atoms with van der Waals surface area (Å²) in [7, 11) is 1.31. The molecular formula is C16H13ClO4. The van der Waals surface area contributed by atoms with Gasteiger partial charge in [-0.2, -0.15) is 0 Å². The van der Waals surface area contributed by atoms with Gasteiger partial charge in [0.15, 0.2) is 6.07 Å². The van der Waals surface area contributed by atoms with Crippen LogP contribution in [0.5, 0.6) is 0 Å². The zero-order valence-electron chi connectivity index (χ0n) is 11.3. The van der Waals surface area contributed by atoms with E-state index in [0.29, 0.717) is 22.3 Å². The average molecular weight is 305 g/mol. The van der Waals surface area contributed by atoms with Gasteiger partial charge in [0.05, 0.1) is 18.2 Å². The third-order valence-electron chi connectivity index (χ3n) is 2.96. The second-order valence-electron chi connectivity index (χ2n) is 4.12. The molecule has 2 aromatic rings. The van der Waals surface area contributed by atoms with Gasteiger partial charge in [0.2, 0.25) is 0 Å². The molecule has 2 rings (SSSR count). The Morgan fingerprint density at radius 1 is 0.905 bits per heavy atom. The molecule has 0 saturated heterocycles. The highest BCUT2D eigenvalue weighted by Crippen LogP contribution is 2.28. The fourth-order valence-electron chi connectivity index (χ4n) is 2.03. The van der Waals surface area contributed by atoms with E-state index in [1.807, 2.05) is 0 Å². The molecule has 0 radical (unpaired) electrons. The van der Waals surface area contributed by atoms with Gasteiger partial charge in [-0.15, -0.1) is 0 Å². The first-order valence-corrected chi connectivity index (χ1v) is 6.72. The van der Waals surface area contributed by atoms with Crippen molar-refractivity contribution >= 4 is 23.5 Å². The Morgan fingerprint density at radius 2 is 1.38 bits per heavy atom. The van der Waals surface area contributed by atoms with Crippen molar-refractivity contribution in [1.82, 2.24) is 0 Å². The van der Waals surface area contributed by atoms with Gasteiger partial charge in [-0.1, -0.05) is 48.0 Å². The standard InChI is InChI=1S/C16H13ClO4/c1-20-15(18)13-8-4-2-6-11(13)12-7-3-5-9-14(12)16(19)21-10-17/h2-9H,10H2,1H3. The number of benzene rings is 2. The van der Waals surface area contributed by atoms with E-state index in [4.69, 9.17) is 21.1 Å². The molecule has 0 aromatic heterocycles. The number of carbonyl (C=O) groups excluding carboxylic acids is 2. The lowest BCUT2D eigenvalue weighted by Gasteiger charge is -2.11. The van der Waals surface area contributed by atoms with Crippen LogP contribution in [0.3, 0.4) is 0 Å². The molecule has 108 valence electrons. The van der Waals surface area contributed by atoms with E-state index in [9.17, 15) is 9.59 Å². The summed E-state index contributed by atoms with van der Waals surface area (Å²) in [5.41, 5.74) is 1.92. The highest BCUT2D eigenvalue weighted by molar-refractivity contribution is 6.18. The van der Waals surface area contributed by atoms with Gasteiger partial charge in [0, 0.05) is 0 Å². The summed E-state index contributed by atoms with van der Waals surface area (Å²) in [6.07, 6.45) is 0. The van der Waals surface area contributed by atoms with E-state index >= 15 is 0 Å². The largest absolute Gasteiger partial charge is 0.465 e. The molecule has 21 heavy (non-hydrogen) atoms. The van der Waals surface area contributed by atoms with Crippen LogP contribution in [-0.2, 0) is 9.47 Å². The van der Waals surface area contributed by atoms with Crippen LogP contribution in [0, 0.1) is 0 Å². The third kappa shape index (κ3) is 3.23. The third-order valence-corrected chi connectivity index (χ3v) is 3.06. The number of halogens is 1. The Hall–Kier alpha value is -2.33. The number of methoxy groups -OCH3 is 1. The minimum atomic E-state index is -0.541. The normalized spacial score (nSPS) is 10.0. The van der Waals surface area contributed by atoms with Crippen molar-refractivity contribution in [2.75, 3.05) is 13.2 Å². The van der Waals surface area contributed by atoms with Crippen LogP contribution in [0.1, 0.15) is 20.7 Å². The molecule has 0 aliphatic heterocycles. The molecule has 5 heteroatoms. The Labute approximate surface area is 127 Å². The summed E-state index contributed by atoms with van der Waals surface area (Å²) in [6, 6.07) is 13.5. The molecule has 0 atom stereocenters. The number of rotatable bonds is 4. The summed E-state index contributed by atoms with van der Waals surface area (Å²) < 4.78 is 9.60. The first-order valence-electron chi connectivity index (χ1n) is 6.19. The van der Waals surface area contributed by atoms with Gasteiger partial charge >= 0.3 is 11.9 Å². The van der Waals surface area contributed by atoms with Crippen molar-refractivity contribution < 1.29 is 19.1 Å². The predicted molar refractivity (Wildman–Crippen MR) is 79.4 cm³/mol. The first kappa shape index (κ1) is 15.1. The molecule has 0 bridgehead atoms. The first-order chi connectivity index (χ1) is 10.2. The van der Waals surface area contributed by atoms with Crippen LogP contribution in [-0.4, -0.2) is 25.1 Å². The van der Waals surface area contributed by atoms with Gasteiger partial charge in [-0.3, -0.25) is 0 Å². The zero-order chi connectivity index (χ0) is 15.2. The number of alkyl halides is 1. The van der Waals surface area contributed by atoms with Crippen LogP contribution in [0.2, 0.25) is 0 Å². The molecule has 0 fully saturated rings. The molecule has 0 saturated carbocycles. The maximum absolute atomic E-state index is 12.0. The Bertz CT molecular complexity index is 667. The Morgan fingerprint density at radius 3 is 1.86 bits per heavy atom. The van der Waals surface area contributed by atoms with Gasteiger partial charge in [-0.25, -0.2) is 9.59 Å². The molecule has 0 unspecified atom stereocenters. The van der Waals surface area contributed by atoms with E-state index < -0.39 is 11.9 Å². The van der Waals surface area contributed by atoms with Gasteiger partial charge in [-0.05, 0) is 23.3 Å². The fraction of sp³-hybridized carbons (Fsp3) is 0.125. The quantitative estimate of drug-likeness (QED) is 0.641. The average Bonchev–Trinajstić information content (AvgIpc) is 2.54. The summed E-state index contributed by atoms with van der Waals surface area (Å²) >= 11 is 5.43. The molecule has 4 nitrogen and oxygen atoms in total. The Balaban J connectivity index is 2.58. The van der Waals surface area contributed by atoms with Crippen molar-refractivity contribution in [3.05, 3.63) is 59.7 Å². The SMILES string of the molecule is COC(=O)c1ccccc1-c1ccccc1C(=O)OCCl. The highest BCUT2D eigenvalue weighted by Gasteiger charge is 2.18. The number of hydrogen-bond donors (Lipinski definition) is 0. The molecular weight excluding hydrogens is 292 g/mol. The summed E-state index contributed by atoms with van der Waals surface area (Å²) in [5.74, 6) is -1.01. The number of hydrogen-bond acceptors (Lipinski definition) is 4. The van der Waals surface area contributed by atoms with E-state index in [1.165, 1.54) is 7.11 Å². The van der Waals surface area contributed by atoms with Crippen LogP contribution >= 0.6 is 11.6 Å². The Kier molecular flexibility index (Phi) is 4.95. The highest BCUT2D eigenvalue weighted by atomic mass is 35.5. The zero-order valence-corrected chi connectivity index (χ0v) is 12.1. The van der Waals surface area contributed by atoms with Crippen LogP contribution in [0.15, 0.2) is 48.5 Å². The van der Waals surface area contributed by atoms with E-state index in [2.05, 4.69) is 0 Å². The lowest BCUT2D eigenvalue weighted by atomic mass is 9.95. The van der Waals surface area contributed by atoms with E-state index in [1.54, 1.807) is 48.5 Å². The van der Waals surface area contributed by atoms with Gasteiger partial charge in [0.25, 0.3) is 0 Å². The molecule has 0 aliphatic rings. The predicted octanol–water partition coefficient (Wildman–Crippen LogP) is 3.49. The monoisotopic (exact) mass is 304 g/mol. The molecule has 0 N–H and O–H groups in total. The maximum Gasteiger partial charge on any atom is 0.339 e. The van der Waals surface area contributed by atoms with Crippen LogP contribution in [0.25, 0.3) is 11.1 Å². The lowest BCUT2D eigenvalue weighted by Crippen LogP contribution is -2.08. The maximum atomic E-state index is 12.0. The van der Waals surface area contributed by atoms with Crippen LogP contribution < -0.4 is 0 Å². The summed E-state index contributed by atoms with van der Waals surface area (Å²) in [5, 5.41) is 0. The van der Waals surface area contributed by atoms with Crippen molar-refractivity contribution in [2.24, 2.45) is 0 Å². The molecule has 0 heterocycles. The van der Waals surface area contributed by atoms with Crippen molar-refractivity contribution in [2.45, 2.75) is 0 Å². The minimum Gasteiger partial charge on any atom is -0.465 e. The number of esters is 2. The minimum absolute atomic E-state index is 0.230. The number of ether oxygens (including phenoxy) is 2. The second kappa shape index (κ2) is 6.90. The summed E-state index contributed by atoms with van der Waals surface area (Å²) in [6.45, 7) is 0. The fourth-order valence-corrected chi connectivity index (χ4v) is 2.13.